The molecular formula is C10H12O2. The zero-order valence-corrected chi connectivity index (χ0v) is 7.24. The third-order valence-corrected chi connectivity index (χ3v) is 1.87. The molecular weight excluding hydrogens is 152 g/mol. The predicted octanol–water partition coefficient (Wildman–Crippen LogP) is 1.97. The molecule has 1 rings (SSSR count). The summed E-state index contributed by atoms with van der Waals surface area (Å²) in [6.07, 6.45) is 6.04. The molecule has 0 bridgehead atoms. The Labute approximate surface area is 72.2 Å². The molecule has 0 aromatic carbocycles. The van der Waals surface area contributed by atoms with E-state index in [0.29, 0.717) is 5.76 Å². The standard InChI is InChI=1S/C10H12O2/c1-4-10(2,3)9(11)8-6-5-7-12-8/h1,5-7,9,11H,2-3H3. The first-order valence-corrected chi connectivity index (χ1v) is 3.77. The number of terminal acetylenes is 1. The summed E-state index contributed by atoms with van der Waals surface area (Å²) in [5, 5.41) is 9.70. The molecule has 1 unspecified atom stereocenters. The Morgan fingerprint density at radius 2 is 2.33 bits per heavy atom. The maximum Gasteiger partial charge on any atom is 0.133 e. The van der Waals surface area contributed by atoms with Crippen molar-refractivity contribution in [2.75, 3.05) is 0 Å². The molecule has 0 fully saturated rings. The smallest absolute Gasteiger partial charge is 0.133 e. The van der Waals surface area contributed by atoms with Crippen LogP contribution in [0.2, 0.25) is 0 Å². The lowest BCUT2D eigenvalue weighted by molar-refractivity contribution is 0.0669. The van der Waals surface area contributed by atoms with Crippen molar-refractivity contribution in [3.63, 3.8) is 0 Å². The van der Waals surface area contributed by atoms with Crippen molar-refractivity contribution >= 4 is 0 Å². The fourth-order valence-electron chi connectivity index (χ4n) is 0.881. The van der Waals surface area contributed by atoms with Gasteiger partial charge in [-0.25, -0.2) is 0 Å². The van der Waals surface area contributed by atoms with Gasteiger partial charge in [-0.1, -0.05) is 5.92 Å². The fourth-order valence-corrected chi connectivity index (χ4v) is 0.881. The fraction of sp³-hybridized carbons (Fsp3) is 0.400. The Hall–Kier alpha value is -1.20. The van der Waals surface area contributed by atoms with E-state index in [0.717, 1.165) is 0 Å². The number of aliphatic hydroxyl groups is 1. The van der Waals surface area contributed by atoms with Gasteiger partial charge in [0.05, 0.1) is 11.7 Å². The minimum absolute atomic E-state index is 0.512. The first-order valence-electron chi connectivity index (χ1n) is 3.77. The highest BCUT2D eigenvalue weighted by Crippen LogP contribution is 2.32. The van der Waals surface area contributed by atoms with Crippen molar-refractivity contribution in [3.8, 4) is 12.3 Å². The molecule has 1 heterocycles. The van der Waals surface area contributed by atoms with E-state index in [9.17, 15) is 5.11 Å². The molecule has 64 valence electrons. The van der Waals surface area contributed by atoms with Gasteiger partial charge in [0, 0.05) is 0 Å². The minimum atomic E-state index is -0.738. The van der Waals surface area contributed by atoms with Crippen LogP contribution in [0.15, 0.2) is 22.8 Å². The van der Waals surface area contributed by atoms with Gasteiger partial charge in [-0.05, 0) is 26.0 Å². The molecule has 12 heavy (non-hydrogen) atoms. The number of hydrogen-bond acceptors (Lipinski definition) is 2. The van der Waals surface area contributed by atoms with Crippen LogP contribution in [0, 0.1) is 17.8 Å². The SMILES string of the molecule is C#CC(C)(C)C(O)c1ccco1. The Morgan fingerprint density at radius 3 is 2.75 bits per heavy atom. The van der Waals surface area contributed by atoms with E-state index in [1.807, 2.05) is 0 Å². The summed E-state index contributed by atoms with van der Waals surface area (Å²) in [6.45, 7) is 3.58. The highest BCUT2D eigenvalue weighted by molar-refractivity contribution is 5.13. The molecule has 1 N–H and O–H groups in total. The van der Waals surface area contributed by atoms with Crippen molar-refractivity contribution < 1.29 is 9.52 Å². The van der Waals surface area contributed by atoms with Crippen molar-refractivity contribution in [3.05, 3.63) is 24.2 Å². The predicted molar refractivity (Wildman–Crippen MR) is 46.3 cm³/mol. The van der Waals surface area contributed by atoms with Crippen molar-refractivity contribution in [1.29, 1.82) is 0 Å². The zero-order chi connectivity index (χ0) is 9.19. The molecule has 2 heteroatoms. The Morgan fingerprint density at radius 1 is 1.67 bits per heavy atom. The Bertz CT molecular complexity index is 277. The van der Waals surface area contributed by atoms with E-state index in [1.165, 1.54) is 6.26 Å². The van der Waals surface area contributed by atoms with Crippen LogP contribution in [0.25, 0.3) is 0 Å². The van der Waals surface area contributed by atoms with Gasteiger partial charge in [-0.15, -0.1) is 6.42 Å². The monoisotopic (exact) mass is 164 g/mol. The molecule has 2 nitrogen and oxygen atoms in total. The van der Waals surface area contributed by atoms with Gasteiger partial charge >= 0.3 is 0 Å². The molecule has 0 saturated heterocycles. The molecule has 1 aromatic rings. The molecule has 0 saturated carbocycles. The van der Waals surface area contributed by atoms with E-state index < -0.39 is 11.5 Å². The van der Waals surface area contributed by atoms with Crippen LogP contribution in [0.5, 0.6) is 0 Å². The van der Waals surface area contributed by atoms with Gasteiger partial charge in [0.15, 0.2) is 0 Å². The second-order valence-corrected chi connectivity index (χ2v) is 3.28. The topological polar surface area (TPSA) is 33.4 Å². The Kier molecular flexibility index (Phi) is 2.25. The van der Waals surface area contributed by atoms with Gasteiger partial charge in [-0.3, -0.25) is 0 Å². The van der Waals surface area contributed by atoms with Gasteiger partial charge in [0.25, 0.3) is 0 Å². The van der Waals surface area contributed by atoms with E-state index >= 15 is 0 Å². The Balaban J connectivity index is 2.87. The maximum absolute atomic E-state index is 9.70. The highest BCUT2D eigenvalue weighted by atomic mass is 16.4. The lowest BCUT2D eigenvalue weighted by atomic mass is 9.86. The molecule has 0 amide bonds. The lowest BCUT2D eigenvalue weighted by Gasteiger charge is -2.22. The molecule has 1 aromatic heterocycles. The molecule has 0 aliphatic carbocycles. The van der Waals surface area contributed by atoms with Crippen LogP contribution in [0.3, 0.4) is 0 Å². The molecule has 0 aliphatic heterocycles. The number of rotatable bonds is 2. The third kappa shape index (κ3) is 1.51. The van der Waals surface area contributed by atoms with E-state index in [2.05, 4.69) is 5.92 Å². The van der Waals surface area contributed by atoms with Crippen molar-refractivity contribution in [2.24, 2.45) is 5.41 Å². The van der Waals surface area contributed by atoms with Crippen LogP contribution in [-0.2, 0) is 0 Å². The van der Waals surface area contributed by atoms with Gasteiger partial charge < -0.3 is 9.52 Å². The van der Waals surface area contributed by atoms with E-state index in [-0.39, 0.29) is 0 Å². The van der Waals surface area contributed by atoms with Gasteiger partial charge in [-0.2, -0.15) is 0 Å². The molecule has 1 atom stereocenters. The second-order valence-electron chi connectivity index (χ2n) is 3.28. The van der Waals surface area contributed by atoms with Gasteiger partial charge in [0.1, 0.15) is 11.9 Å². The van der Waals surface area contributed by atoms with Crippen LogP contribution in [0.1, 0.15) is 25.7 Å². The summed E-state index contributed by atoms with van der Waals surface area (Å²) in [4.78, 5) is 0. The van der Waals surface area contributed by atoms with Crippen LogP contribution in [-0.4, -0.2) is 5.11 Å². The normalized spacial score (nSPS) is 13.8. The summed E-state index contributed by atoms with van der Waals surface area (Å²) < 4.78 is 5.04. The summed E-state index contributed by atoms with van der Waals surface area (Å²) >= 11 is 0. The first kappa shape index (κ1) is 8.89. The molecule has 0 spiro atoms. The largest absolute Gasteiger partial charge is 0.467 e. The average Bonchev–Trinajstić information content (AvgIpc) is 2.55. The highest BCUT2D eigenvalue weighted by Gasteiger charge is 2.28. The summed E-state index contributed by atoms with van der Waals surface area (Å²) in [6, 6.07) is 3.44. The first-order chi connectivity index (χ1) is 5.58. The third-order valence-electron chi connectivity index (χ3n) is 1.87. The lowest BCUT2D eigenvalue weighted by Crippen LogP contribution is -2.19. The van der Waals surface area contributed by atoms with Crippen molar-refractivity contribution in [1.82, 2.24) is 0 Å². The summed E-state index contributed by atoms with van der Waals surface area (Å²) in [7, 11) is 0. The molecule has 0 aliphatic rings. The zero-order valence-electron chi connectivity index (χ0n) is 7.24. The number of aliphatic hydroxyl groups excluding tert-OH is 1. The summed E-state index contributed by atoms with van der Waals surface area (Å²) in [5.74, 6) is 3.03. The van der Waals surface area contributed by atoms with Gasteiger partial charge in [0.2, 0.25) is 0 Å². The number of furan rings is 1. The van der Waals surface area contributed by atoms with Crippen LogP contribution in [0.4, 0.5) is 0 Å². The number of hydrogen-bond donors (Lipinski definition) is 1. The average molecular weight is 164 g/mol. The van der Waals surface area contributed by atoms with Crippen molar-refractivity contribution in [2.45, 2.75) is 20.0 Å². The summed E-state index contributed by atoms with van der Waals surface area (Å²) in [5.41, 5.74) is -0.585. The quantitative estimate of drug-likeness (QED) is 0.678. The maximum atomic E-state index is 9.70. The van der Waals surface area contributed by atoms with Crippen LogP contribution < -0.4 is 0 Å². The second kappa shape index (κ2) is 3.04. The minimum Gasteiger partial charge on any atom is -0.467 e. The van der Waals surface area contributed by atoms with Crippen LogP contribution >= 0.6 is 0 Å². The molecule has 0 radical (unpaired) electrons. The van der Waals surface area contributed by atoms with E-state index in [4.69, 9.17) is 10.8 Å². The van der Waals surface area contributed by atoms with E-state index in [1.54, 1.807) is 26.0 Å².